The Balaban J connectivity index is 2.28. The number of ether oxygens (including phenoxy) is 2. The van der Waals surface area contributed by atoms with E-state index in [0.717, 1.165) is 5.56 Å². The standard InChI is InChI=1S/C16H20BNO6S/c1-18(11-12-4-6-13(23-2)7-5-12)25(21,22)14-8-9-16(24-3)15(10-14)17(19)20/h4-10,19-20H,11H2,1-3H3. The van der Waals surface area contributed by atoms with Gasteiger partial charge in [-0.2, -0.15) is 4.31 Å². The van der Waals surface area contributed by atoms with E-state index in [1.807, 2.05) is 0 Å². The van der Waals surface area contributed by atoms with E-state index < -0.39 is 17.1 Å². The number of rotatable bonds is 7. The highest BCUT2D eigenvalue weighted by molar-refractivity contribution is 7.89. The topological polar surface area (TPSA) is 96.3 Å². The molecule has 2 rings (SSSR count). The van der Waals surface area contributed by atoms with E-state index >= 15 is 0 Å². The highest BCUT2D eigenvalue weighted by Gasteiger charge is 2.25. The summed E-state index contributed by atoms with van der Waals surface area (Å²) in [5.74, 6) is 0.887. The molecule has 9 heteroatoms. The van der Waals surface area contributed by atoms with Crippen molar-refractivity contribution in [3.8, 4) is 11.5 Å². The normalized spacial score (nSPS) is 11.4. The third-order valence-electron chi connectivity index (χ3n) is 3.75. The molecule has 0 aromatic heterocycles. The Morgan fingerprint density at radius 2 is 1.68 bits per heavy atom. The molecule has 0 radical (unpaired) electrons. The molecule has 7 nitrogen and oxygen atoms in total. The molecular formula is C16H20BNO6S. The summed E-state index contributed by atoms with van der Waals surface area (Å²) in [6.07, 6.45) is 0. The quantitative estimate of drug-likeness (QED) is 0.681. The molecule has 0 saturated carbocycles. The summed E-state index contributed by atoms with van der Waals surface area (Å²) in [7, 11) is -1.26. The van der Waals surface area contributed by atoms with Crippen LogP contribution in [-0.2, 0) is 16.6 Å². The highest BCUT2D eigenvalue weighted by atomic mass is 32.2. The summed E-state index contributed by atoms with van der Waals surface area (Å²) < 4.78 is 36.7. The second kappa shape index (κ2) is 7.88. The fourth-order valence-electron chi connectivity index (χ4n) is 2.33. The minimum absolute atomic E-state index is 0.0126. The second-order valence-corrected chi connectivity index (χ2v) is 7.43. The van der Waals surface area contributed by atoms with Gasteiger partial charge in [0.2, 0.25) is 10.0 Å². The van der Waals surface area contributed by atoms with Crippen molar-refractivity contribution in [3.05, 3.63) is 48.0 Å². The van der Waals surface area contributed by atoms with E-state index in [1.165, 1.54) is 36.7 Å². The molecule has 0 unspecified atom stereocenters. The van der Waals surface area contributed by atoms with Gasteiger partial charge < -0.3 is 19.5 Å². The molecule has 0 amide bonds. The van der Waals surface area contributed by atoms with E-state index in [4.69, 9.17) is 9.47 Å². The lowest BCUT2D eigenvalue weighted by atomic mass is 9.79. The van der Waals surface area contributed by atoms with Crippen molar-refractivity contribution in [2.24, 2.45) is 0 Å². The van der Waals surface area contributed by atoms with E-state index in [1.54, 1.807) is 31.4 Å². The molecule has 0 atom stereocenters. The molecule has 0 aliphatic carbocycles. The summed E-state index contributed by atoms with van der Waals surface area (Å²) in [4.78, 5) is -0.0487. The van der Waals surface area contributed by atoms with Gasteiger partial charge in [0.05, 0.1) is 19.1 Å². The van der Waals surface area contributed by atoms with Crippen molar-refractivity contribution in [1.29, 1.82) is 0 Å². The Kier molecular flexibility index (Phi) is 6.07. The van der Waals surface area contributed by atoms with Crippen LogP contribution >= 0.6 is 0 Å². The van der Waals surface area contributed by atoms with Crippen molar-refractivity contribution in [3.63, 3.8) is 0 Å². The lowest BCUT2D eigenvalue weighted by Crippen LogP contribution is -2.33. The minimum Gasteiger partial charge on any atom is -0.497 e. The van der Waals surface area contributed by atoms with E-state index in [0.29, 0.717) is 5.75 Å². The molecule has 0 aliphatic rings. The zero-order valence-electron chi connectivity index (χ0n) is 14.2. The minimum atomic E-state index is -3.81. The fourth-order valence-corrected chi connectivity index (χ4v) is 3.52. The highest BCUT2D eigenvalue weighted by Crippen LogP contribution is 2.20. The predicted molar refractivity (Wildman–Crippen MR) is 94.5 cm³/mol. The van der Waals surface area contributed by atoms with E-state index in [9.17, 15) is 18.5 Å². The molecule has 2 N–H and O–H groups in total. The number of benzene rings is 2. The van der Waals surface area contributed by atoms with Crippen LogP contribution in [0.2, 0.25) is 0 Å². The van der Waals surface area contributed by atoms with Gasteiger partial charge in [-0.1, -0.05) is 12.1 Å². The van der Waals surface area contributed by atoms with Crippen LogP contribution in [0.4, 0.5) is 0 Å². The third kappa shape index (κ3) is 4.32. The predicted octanol–water partition coefficient (Wildman–Crippen LogP) is 0.204. The molecule has 0 heterocycles. The first kappa shape index (κ1) is 19.3. The van der Waals surface area contributed by atoms with Crippen molar-refractivity contribution < 1.29 is 27.9 Å². The van der Waals surface area contributed by atoms with Gasteiger partial charge in [-0.15, -0.1) is 0 Å². The molecule has 2 aromatic carbocycles. The third-order valence-corrected chi connectivity index (χ3v) is 5.55. The lowest BCUT2D eigenvalue weighted by molar-refractivity contribution is 0.402. The largest absolute Gasteiger partial charge is 0.497 e. The number of hydrogen-bond acceptors (Lipinski definition) is 6. The Bertz CT molecular complexity index is 823. The molecule has 0 aliphatic heterocycles. The maximum Gasteiger partial charge on any atom is 0.492 e. The first-order chi connectivity index (χ1) is 11.8. The number of methoxy groups -OCH3 is 2. The number of hydrogen-bond donors (Lipinski definition) is 2. The molecule has 0 spiro atoms. The number of sulfonamides is 1. The van der Waals surface area contributed by atoms with E-state index in [2.05, 4.69) is 0 Å². The molecule has 25 heavy (non-hydrogen) atoms. The maximum absolute atomic E-state index is 12.7. The van der Waals surface area contributed by atoms with E-state index in [-0.39, 0.29) is 22.7 Å². The number of nitrogens with zero attached hydrogens (tertiary/aromatic N) is 1. The van der Waals surface area contributed by atoms with Gasteiger partial charge in [0.15, 0.2) is 0 Å². The van der Waals surface area contributed by atoms with Gasteiger partial charge in [-0.3, -0.25) is 0 Å². The summed E-state index contributed by atoms with van der Waals surface area (Å²) in [6, 6.07) is 11.0. The molecule has 0 bridgehead atoms. The Morgan fingerprint density at radius 3 is 2.20 bits per heavy atom. The maximum atomic E-state index is 12.7. The van der Waals surface area contributed by atoms with Crippen LogP contribution in [0.5, 0.6) is 11.5 Å². The van der Waals surface area contributed by atoms with Crippen molar-refractivity contribution >= 4 is 22.6 Å². The van der Waals surface area contributed by atoms with Gasteiger partial charge in [0.1, 0.15) is 11.5 Å². The summed E-state index contributed by atoms with van der Waals surface area (Å²) in [5.41, 5.74) is 0.782. The van der Waals surface area contributed by atoms with Crippen LogP contribution in [0, 0.1) is 0 Å². The van der Waals surface area contributed by atoms with Crippen LogP contribution in [0.25, 0.3) is 0 Å². The van der Waals surface area contributed by atoms with Gasteiger partial charge >= 0.3 is 7.12 Å². The summed E-state index contributed by atoms with van der Waals surface area (Å²) >= 11 is 0. The zero-order chi connectivity index (χ0) is 18.6. The van der Waals surface area contributed by atoms with Gasteiger partial charge in [0.25, 0.3) is 0 Å². The summed E-state index contributed by atoms with van der Waals surface area (Å²) in [5, 5.41) is 18.8. The average Bonchev–Trinajstić information content (AvgIpc) is 2.61. The van der Waals surface area contributed by atoms with Crippen molar-refractivity contribution in [2.75, 3.05) is 21.3 Å². The van der Waals surface area contributed by atoms with Gasteiger partial charge in [-0.25, -0.2) is 8.42 Å². The Hall–Kier alpha value is -2.07. The monoisotopic (exact) mass is 365 g/mol. The Morgan fingerprint density at radius 1 is 1.04 bits per heavy atom. The van der Waals surface area contributed by atoms with Crippen molar-refractivity contribution in [2.45, 2.75) is 11.4 Å². The van der Waals surface area contributed by atoms with Crippen LogP contribution in [0.15, 0.2) is 47.4 Å². The van der Waals surface area contributed by atoms with Crippen LogP contribution < -0.4 is 14.9 Å². The molecule has 0 saturated heterocycles. The molecule has 134 valence electrons. The van der Waals surface area contributed by atoms with Crippen LogP contribution in [-0.4, -0.2) is 51.2 Å². The first-order valence-corrected chi connectivity index (χ1v) is 8.87. The lowest BCUT2D eigenvalue weighted by Gasteiger charge is -2.18. The fraction of sp³-hybridized carbons (Fsp3) is 0.250. The Labute approximate surface area is 147 Å². The van der Waals surface area contributed by atoms with Gasteiger partial charge in [0, 0.05) is 19.1 Å². The second-order valence-electron chi connectivity index (χ2n) is 5.39. The zero-order valence-corrected chi connectivity index (χ0v) is 15.0. The molecular weight excluding hydrogens is 345 g/mol. The van der Waals surface area contributed by atoms with Crippen LogP contribution in [0.3, 0.4) is 0 Å². The van der Waals surface area contributed by atoms with Crippen molar-refractivity contribution in [1.82, 2.24) is 4.31 Å². The van der Waals surface area contributed by atoms with Gasteiger partial charge in [-0.05, 0) is 35.9 Å². The molecule has 0 fully saturated rings. The van der Waals surface area contributed by atoms with Crippen LogP contribution in [0.1, 0.15) is 5.56 Å². The first-order valence-electron chi connectivity index (χ1n) is 7.43. The molecule has 2 aromatic rings. The summed E-state index contributed by atoms with van der Waals surface area (Å²) in [6.45, 7) is 0.162. The smallest absolute Gasteiger partial charge is 0.492 e. The SMILES string of the molecule is COc1ccc(CN(C)S(=O)(=O)c2ccc(OC)c(B(O)O)c2)cc1. The average molecular weight is 365 g/mol.